The minimum atomic E-state index is -0.347. The molecular formula is C18H28N5O2S+. The average Bonchev–Trinajstić information content (AvgIpc) is 3.16. The van der Waals surface area contributed by atoms with Crippen molar-refractivity contribution in [3.05, 3.63) is 26.7 Å². The predicted octanol–water partition coefficient (Wildman–Crippen LogP) is 0.141. The van der Waals surface area contributed by atoms with Crippen LogP contribution >= 0.6 is 11.8 Å². The molecule has 1 aliphatic rings. The fraction of sp³-hybridized carbons (Fsp3) is 0.667. The molecule has 0 unspecified atom stereocenters. The first-order valence-corrected chi connectivity index (χ1v) is 10.4. The van der Waals surface area contributed by atoms with Gasteiger partial charge in [0.15, 0.2) is 5.65 Å². The van der Waals surface area contributed by atoms with Crippen molar-refractivity contribution in [3.63, 3.8) is 0 Å². The molecule has 0 aromatic carbocycles. The largest absolute Gasteiger partial charge is 0.334 e. The Labute approximate surface area is 157 Å². The first-order chi connectivity index (χ1) is 12.5. The van der Waals surface area contributed by atoms with E-state index in [2.05, 4.69) is 16.9 Å². The van der Waals surface area contributed by atoms with Gasteiger partial charge >= 0.3 is 5.69 Å². The Hall–Kier alpha value is -1.67. The Morgan fingerprint density at radius 3 is 2.54 bits per heavy atom. The molecule has 0 aliphatic carbocycles. The molecule has 0 atom stereocenters. The number of fused-ring (bicyclic) bond motifs is 1. The molecule has 2 aromatic rings. The van der Waals surface area contributed by atoms with Gasteiger partial charge in [0.25, 0.3) is 5.56 Å². The number of quaternary nitrogens is 1. The monoisotopic (exact) mass is 378 g/mol. The Morgan fingerprint density at radius 1 is 1.12 bits per heavy atom. The zero-order valence-electron chi connectivity index (χ0n) is 15.9. The Balaban J connectivity index is 1.99. The van der Waals surface area contributed by atoms with Gasteiger partial charge in [0.05, 0.1) is 19.6 Å². The smallest absolute Gasteiger partial charge is 0.332 e. The normalized spacial score (nSPS) is 15.2. The van der Waals surface area contributed by atoms with Crippen LogP contribution in [0.2, 0.25) is 0 Å². The van der Waals surface area contributed by atoms with E-state index in [9.17, 15) is 9.59 Å². The standard InChI is InChI=1S/C18H27N5O2S/c1-4-5-8-13-19-15-14(17(24)22(3)18(25)21(15)2)16(20-13)26-12-11-23-9-6-7-10-23/h4-12H2,1-3H3/p+1. The van der Waals surface area contributed by atoms with E-state index in [4.69, 9.17) is 0 Å². The van der Waals surface area contributed by atoms with Crippen molar-refractivity contribution in [3.8, 4) is 0 Å². The number of unbranched alkanes of at least 4 members (excludes halogenated alkanes) is 1. The number of thioether (sulfide) groups is 1. The maximum absolute atomic E-state index is 12.7. The van der Waals surface area contributed by atoms with Crippen molar-refractivity contribution in [2.24, 2.45) is 14.1 Å². The lowest BCUT2D eigenvalue weighted by Gasteiger charge is -2.13. The highest BCUT2D eigenvalue weighted by Gasteiger charge is 2.19. The fourth-order valence-corrected chi connectivity index (χ4v) is 4.52. The minimum Gasteiger partial charge on any atom is -0.334 e. The Morgan fingerprint density at radius 2 is 1.85 bits per heavy atom. The van der Waals surface area contributed by atoms with Crippen molar-refractivity contribution in [1.29, 1.82) is 0 Å². The van der Waals surface area contributed by atoms with E-state index in [1.165, 1.54) is 37.5 Å². The van der Waals surface area contributed by atoms with E-state index in [0.717, 1.165) is 47.0 Å². The van der Waals surface area contributed by atoms with Crippen molar-refractivity contribution < 1.29 is 4.90 Å². The summed E-state index contributed by atoms with van der Waals surface area (Å²) < 4.78 is 2.61. The van der Waals surface area contributed by atoms with Gasteiger partial charge in [-0.2, -0.15) is 0 Å². The molecule has 0 spiro atoms. The molecule has 8 heteroatoms. The van der Waals surface area contributed by atoms with Crippen LogP contribution in [0.5, 0.6) is 0 Å². The molecule has 1 N–H and O–H groups in total. The van der Waals surface area contributed by atoms with E-state index in [-0.39, 0.29) is 11.2 Å². The Bertz CT molecular complexity index is 899. The van der Waals surface area contributed by atoms with Crippen molar-refractivity contribution >= 4 is 22.8 Å². The van der Waals surface area contributed by atoms with Crippen molar-refractivity contribution in [1.82, 2.24) is 19.1 Å². The van der Waals surface area contributed by atoms with Gasteiger partial charge < -0.3 is 4.90 Å². The summed E-state index contributed by atoms with van der Waals surface area (Å²) >= 11 is 1.62. The topological polar surface area (TPSA) is 74.2 Å². The summed E-state index contributed by atoms with van der Waals surface area (Å²) in [7, 11) is 3.18. The van der Waals surface area contributed by atoms with Crippen LogP contribution in [0.15, 0.2) is 14.6 Å². The summed E-state index contributed by atoms with van der Waals surface area (Å²) in [5, 5.41) is 1.19. The molecule has 3 rings (SSSR count). The molecule has 0 radical (unpaired) electrons. The van der Waals surface area contributed by atoms with Crippen LogP contribution in [0.1, 0.15) is 38.4 Å². The lowest BCUT2D eigenvalue weighted by atomic mass is 10.2. The number of hydrogen-bond donors (Lipinski definition) is 1. The molecule has 142 valence electrons. The molecule has 0 saturated carbocycles. The van der Waals surface area contributed by atoms with Crippen LogP contribution in [0.4, 0.5) is 0 Å². The maximum Gasteiger partial charge on any atom is 0.332 e. The number of hydrogen-bond acceptors (Lipinski definition) is 5. The molecule has 26 heavy (non-hydrogen) atoms. The van der Waals surface area contributed by atoms with E-state index < -0.39 is 0 Å². The number of nitrogens with one attached hydrogen (secondary N) is 1. The third-order valence-electron chi connectivity index (χ3n) is 5.07. The SMILES string of the molecule is CCCCc1nc(SCC[NH+]2CCCC2)c2c(=O)n(C)c(=O)n(C)c2n1. The molecule has 0 bridgehead atoms. The molecular weight excluding hydrogens is 350 g/mol. The zero-order valence-corrected chi connectivity index (χ0v) is 16.7. The van der Waals surface area contributed by atoms with Crippen LogP contribution in [-0.2, 0) is 20.5 Å². The summed E-state index contributed by atoms with van der Waals surface area (Å²) in [5.41, 5.74) is -0.198. The van der Waals surface area contributed by atoms with Gasteiger partial charge in [-0.05, 0) is 6.42 Å². The quantitative estimate of drug-likeness (QED) is 0.548. The molecule has 1 fully saturated rings. The Kier molecular flexibility index (Phi) is 6.13. The highest BCUT2D eigenvalue weighted by molar-refractivity contribution is 7.99. The molecule has 1 saturated heterocycles. The summed E-state index contributed by atoms with van der Waals surface area (Å²) in [5.74, 6) is 1.64. The molecule has 7 nitrogen and oxygen atoms in total. The first-order valence-electron chi connectivity index (χ1n) is 9.46. The summed E-state index contributed by atoms with van der Waals surface area (Å²) in [4.78, 5) is 35.9. The van der Waals surface area contributed by atoms with Gasteiger partial charge in [0.2, 0.25) is 0 Å². The van der Waals surface area contributed by atoms with Crippen LogP contribution in [0.3, 0.4) is 0 Å². The van der Waals surface area contributed by atoms with Gasteiger partial charge in [-0.15, -0.1) is 0 Å². The molecule has 2 aromatic heterocycles. The third-order valence-corrected chi connectivity index (χ3v) is 6.05. The first kappa shape index (κ1) is 19.1. The molecule has 1 aliphatic heterocycles. The third kappa shape index (κ3) is 3.86. The number of aryl methyl sites for hydroxylation is 2. The lowest BCUT2D eigenvalue weighted by Crippen LogP contribution is -3.10. The van der Waals surface area contributed by atoms with Gasteiger partial charge in [0, 0.05) is 39.1 Å². The number of nitrogens with zero attached hydrogens (tertiary/aromatic N) is 4. The summed E-state index contributed by atoms with van der Waals surface area (Å²) in [6.45, 7) is 5.68. The number of rotatable bonds is 7. The second-order valence-corrected chi connectivity index (χ2v) is 8.09. The van der Waals surface area contributed by atoms with Gasteiger partial charge in [0.1, 0.15) is 16.2 Å². The van der Waals surface area contributed by atoms with Gasteiger partial charge in [-0.3, -0.25) is 13.9 Å². The minimum absolute atomic E-state index is 0.304. The maximum atomic E-state index is 12.7. The van der Waals surface area contributed by atoms with Crippen molar-refractivity contribution in [2.45, 2.75) is 44.1 Å². The van der Waals surface area contributed by atoms with Gasteiger partial charge in [-0.1, -0.05) is 25.1 Å². The molecule has 0 amide bonds. The summed E-state index contributed by atoms with van der Waals surface area (Å²) in [6.07, 6.45) is 5.42. The van der Waals surface area contributed by atoms with Crippen LogP contribution in [-0.4, -0.2) is 44.5 Å². The highest BCUT2D eigenvalue weighted by atomic mass is 32.2. The van der Waals surface area contributed by atoms with Gasteiger partial charge in [-0.25, -0.2) is 14.8 Å². The highest BCUT2D eigenvalue weighted by Crippen LogP contribution is 2.22. The number of aromatic nitrogens is 4. The van der Waals surface area contributed by atoms with E-state index in [1.54, 1.807) is 23.7 Å². The van der Waals surface area contributed by atoms with E-state index in [0.29, 0.717) is 11.0 Å². The van der Waals surface area contributed by atoms with Crippen LogP contribution in [0.25, 0.3) is 11.0 Å². The van der Waals surface area contributed by atoms with Crippen molar-refractivity contribution in [2.75, 3.05) is 25.4 Å². The lowest BCUT2D eigenvalue weighted by molar-refractivity contribution is -0.884. The molecule has 3 heterocycles. The van der Waals surface area contributed by atoms with Crippen LogP contribution in [0, 0.1) is 0 Å². The average molecular weight is 379 g/mol. The fourth-order valence-electron chi connectivity index (χ4n) is 3.44. The number of likely N-dealkylation sites (tertiary alicyclic amines) is 1. The second kappa shape index (κ2) is 8.35. The van der Waals surface area contributed by atoms with E-state index in [1.807, 2.05) is 0 Å². The second-order valence-electron chi connectivity index (χ2n) is 7.01. The van der Waals surface area contributed by atoms with Crippen LogP contribution < -0.4 is 16.1 Å². The predicted molar refractivity (Wildman–Crippen MR) is 104 cm³/mol. The zero-order chi connectivity index (χ0) is 18.7. The van der Waals surface area contributed by atoms with E-state index >= 15 is 0 Å². The summed E-state index contributed by atoms with van der Waals surface area (Å²) in [6, 6.07) is 0.